The lowest BCUT2D eigenvalue weighted by molar-refractivity contribution is -0.939. The van der Waals surface area contributed by atoms with E-state index in [1.165, 1.54) is 0 Å². The van der Waals surface area contributed by atoms with E-state index in [4.69, 9.17) is 9.94 Å². The Morgan fingerprint density at radius 1 is 1.47 bits per heavy atom. The lowest BCUT2D eigenvalue weighted by Gasteiger charge is -2.01. The monoisotopic (exact) mass is 218 g/mol. The van der Waals surface area contributed by atoms with Crippen LogP contribution in [-0.2, 0) is 9.63 Å². The maximum absolute atomic E-state index is 10.2. The second-order valence-corrected chi connectivity index (χ2v) is 3.34. The Balaban J connectivity index is 2.11. The van der Waals surface area contributed by atoms with E-state index in [9.17, 15) is 10.0 Å². The van der Waals surface area contributed by atoms with Crippen molar-refractivity contribution in [2.24, 2.45) is 5.28 Å². The van der Waals surface area contributed by atoms with Gasteiger partial charge in [-0.15, -0.1) is 5.01 Å². The van der Waals surface area contributed by atoms with Gasteiger partial charge in [0.1, 0.15) is 6.61 Å². The molecule has 0 aromatic heterocycles. The standard InChI is InChI=1S/C8H15N3O4/c12-8(13)4-3-7-15-9-11(14)10-5-1-2-6-10/h1-7H2,(H-,9,12,13,14)/p+1. The fraction of sp³-hybridized carbons (Fsp3) is 0.875. The second-order valence-electron chi connectivity index (χ2n) is 3.34. The molecule has 0 aromatic carbocycles. The third kappa shape index (κ3) is 4.48. The fourth-order valence-corrected chi connectivity index (χ4v) is 1.31. The summed E-state index contributed by atoms with van der Waals surface area (Å²) >= 11 is 0. The first-order valence-electron chi connectivity index (χ1n) is 4.98. The molecule has 7 nitrogen and oxygen atoms in total. The van der Waals surface area contributed by atoms with Gasteiger partial charge >= 0.3 is 5.97 Å². The number of carbonyl (C=O) groups is 1. The summed E-state index contributed by atoms with van der Waals surface area (Å²) in [6.07, 6.45) is 2.49. The lowest BCUT2D eigenvalue weighted by atomic mass is 10.3. The van der Waals surface area contributed by atoms with Crippen LogP contribution >= 0.6 is 0 Å². The molecule has 0 radical (unpaired) electrons. The highest BCUT2D eigenvalue weighted by molar-refractivity contribution is 5.66. The van der Waals surface area contributed by atoms with Gasteiger partial charge < -0.3 is 9.94 Å². The van der Waals surface area contributed by atoms with Gasteiger partial charge in [0, 0.05) is 6.42 Å². The zero-order valence-electron chi connectivity index (χ0n) is 8.50. The van der Waals surface area contributed by atoms with Gasteiger partial charge in [0.15, 0.2) is 0 Å². The summed E-state index contributed by atoms with van der Waals surface area (Å²) in [7, 11) is 0. The molecule has 0 aliphatic carbocycles. The van der Waals surface area contributed by atoms with E-state index in [1.54, 1.807) is 5.01 Å². The molecular formula is C8H16N3O4+. The van der Waals surface area contributed by atoms with E-state index in [-0.39, 0.29) is 13.0 Å². The minimum absolute atomic E-state index is 0.0463. The first kappa shape index (κ1) is 11.5. The predicted octanol–water partition coefficient (Wildman–Crippen LogP) is 0.647. The zero-order valence-corrected chi connectivity index (χ0v) is 8.50. The van der Waals surface area contributed by atoms with Gasteiger partial charge in [-0.25, -0.2) is 5.21 Å². The van der Waals surface area contributed by atoms with E-state index in [0.717, 1.165) is 25.9 Å². The fourth-order valence-electron chi connectivity index (χ4n) is 1.31. The Morgan fingerprint density at radius 3 is 2.73 bits per heavy atom. The summed E-state index contributed by atoms with van der Waals surface area (Å²) in [5, 5.41) is 22.7. The Labute approximate surface area is 87.4 Å². The SMILES string of the molecule is O=C(O)CCCO/N=[N+](\O)N1CCCC1. The molecule has 1 heterocycles. The first-order valence-corrected chi connectivity index (χ1v) is 4.98. The molecule has 0 spiro atoms. The van der Waals surface area contributed by atoms with Crippen LogP contribution < -0.4 is 0 Å². The maximum Gasteiger partial charge on any atom is 0.303 e. The Kier molecular flexibility index (Phi) is 4.65. The smallest absolute Gasteiger partial charge is 0.303 e. The van der Waals surface area contributed by atoms with Crippen LogP contribution in [0.5, 0.6) is 0 Å². The van der Waals surface area contributed by atoms with Crippen LogP contribution in [0.4, 0.5) is 0 Å². The number of aliphatic carboxylic acids is 1. The molecule has 0 unspecified atom stereocenters. The van der Waals surface area contributed by atoms with E-state index in [1.807, 2.05) is 0 Å². The molecule has 86 valence electrons. The quantitative estimate of drug-likeness (QED) is 0.296. The molecule has 0 amide bonds. The third-order valence-corrected chi connectivity index (χ3v) is 2.09. The van der Waals surface area contributed by atoms with Crippen molar-refractivity contribution < 1.29 is 24.9 Å². The topological polar surface area (TPSA) is 85.4 Å². The van der Waals surface area contributed by atoms with E-state index >= 15 is 0 Å². The van der Waals surface area contributed by atoms with Crippen molar-refractivity contribution in [1.29, 1.82) is 0 Å². The average Bonchev–Trinajstić information content (AvgIpc) is 2.69. The molecule has 2 N–H and O–H groups in total. The third-order valence-electron chi connectivity index (χ3n) is 2.09. The Morgan fingerprint density at radius 2 is 2.13 bits per heavy atom. The maximum atomic E-state index is 10.2. The molecular weight excluding hydrogens is 202 g/mol. The van der Waals surface area contributed by atoms with Crippen LogP contribution in [-0.4, -0.2) is 46.0 Å². The minimum atomic E-state index is -0.862. The molecule has 0 aromatic rings. The number of carboxylic acids is 1. The average molecular weight is 218 g/mol. The summed E-state index contributed by atoms with van der Waals surface area (Å²) in [6.45, 7) is 1.72. The zero-order chi connectivity index (χ0) is 11.1. The molecule has 15 heavy (non-hydrogen) atoms. The number of hydrogen-bond donors (Lipinski definition) is 2. The lowest BCUT2D eigenvalue weighted by Crippen LogP contribution is -2.29. The van der Waals surface area contributed by atoms with Crippen molar-refractivity contribution in [1.82, 2.24) is 5.01 Å². The van der Waals surface area contributed by atoms with Gasteiger partial charge in [-0.3, -0.25) is 4.79 Å². The normalized spacial score (nSPS) is 16.8. The van der Waals surface area contributed by atoms with E-state index < -0.39 is 5.97 Å². The van der Waals surface area contributed by atoms with E-state index in [2.05, 4.69) is 5.28 Å². The summed E-state index contributed by atoms with van der Waals surface area (Å²) in [5.41, 5.74) is 0. The van der Waals surface area contributed by atoms with Gasteiger partial charge in [0.05, 0.1) is 13.1 Å². The van der Waals surface area contributed by atoms with Gasteiger partial charge in [-0.05, 0) is 19.3 Å². The highest BCUT2D eigenvalue weighted by Crippen LogP contribution is 2.06. The van der Waals surface area contributed by atoms with Crippen molar-refractivity contribution in [3.05, 3.63) is 0 Å². The number of hydrazine groups is 1. The van der Waals surface area contributed by atoms with Crippen LogP contribution in [0.15, 0.2) is 5.28 Å². The van der Waals surface area contributed by atoms with Gasteiger partial charge in [-0.2, -0.15) is 0 Å². The molecule has 1 aliphatic rings. The second kappa shape index (κ2) is 6.05. The van der Waals surface area contributed by atoms with Crippen LogP contribution in [0.2, 0.25) is 0 Å². The number of rotatable bonds is 6. The van der Waals surface area contributed by atoms with Crippen molar-refractivity contribution in [2.75, 3.05) is 19.7 Å². The van der Waals surface area contributed by atoms with Gasteiger partial charge in [0.2, 0.25) is 0 Å². The molecule has 0 bridgehead atoms. The summed E-state index contributed by atoms with van der Waals surface area (Å²) in [4.78, 5) is 15.6. The summed E-state index contributed by atoms with van der Waals surface area (Å²) in [5.74, 6) is -0.862. The predicted molar refractivity (Wildman–Crippen MR) is 48.1 cm³/mol. The molecule has 1 fully saturated rings. The summed E-state index contributed by atoms with van der Waals surface area (Å²) < 4.78 is 0. The van der Waals surface area contributed by atoms with Crippen LogP contribution in [0.3, 0.4) is 0 Å². The Bertz CT molecular complexity index is 238. The van der Waals surface area contributed by atoms with Gasteiger partial charge in [-0.1, -0.05) is 0 Å². The highest BCUT2D eigenvalue weighted by Gasteiger charge is 2.23. The van der Waals surface area contributed by atoms with Crippen LogP contribution in [0.1, 0.15) is 25.7 Å². The summed E-state index contributed by atoms with van der Waals surface area (Å²) in [6, 6.07) is 0. The number of carboxylic acid groups (broad SMARTS) is 1. The molecule has 1 saturated heterocycles. The molecule has 0 saturated carbocycles. The van der Waals surface area contributed by atoms with Crippen LogP contribution in [0, 0.1) is 0 Å². The molecule has 1 aliphatic heterocycles. The largest absolute Gasteiger partial charge is 0.481 e. The van der Waals surface area contributed by atoms with Crippen molar-refractivity contribution in [3.63, 3.8) is 0 Å². The molecule has 0 atom stereocenters. The van der Waals surface area contributed by atoms with Crippen molar-refractivity contribution >= 4 is 5.97 Å². The molecule has 7 heteroatoms. The van der Waals surface area contributed by atoms with Gasteiger partial charge in [0.25, 0.3) is 10.2 Å². The van der Waals surface area contributed by atoms with Crippen molar-refractivity contribution in [2.45, 2.75) is 25.7 Å². The highest BCUT2D eigenvalue weighted by atomic mass is 16.7. The minimum Gasteiger partial charge on any atom is -0.481 e. The van der Waals surface area contributed by atoms with Crippen molar-refractivity contribution in [3.8, 4) is 0 Å². The van der Waals surface area contributed by atoms with E-state index in [0.29, 0.717) is 11.4 Å². The first-order chi connectivity index (χ1) is 7.20. The number of hydrogen-bond acceptors (Lipinski definition) is 3. The Hall–Kier alpha value is -1.53. The van der Waals surface area contributed by atoms with Crippen LogP contribution in [0.25, 0.3) is 0 Å². The molecule has 1 rings (SSSR count). The number of nitrogens with zero attached hydrogens (tertiary/aromatic N) is 3.